The Bertz CT molecular complexity index is 1090. The molecule has 3 rings (SSSR count). The number of halogens is 1. The molecule has 7 heteroatoms. The highest BCUT2D eigenvalue weighted by molar-refractivity contribution is 5.83. The summed E-state index contributed by atoms with van der Waals surface area (Å²) in [5.41, 5.74) is 8.41. The van der Waals surface area contributed by atoms with Crippen LogP contribution in [0.1, 0.15) is 30.0 Å². The van der Waals surface area contributed by atoms with Gasteiger partial charge in [0.2, 0.25) is 0 Å². The zero-order valence-electron chi connectivity index (χ0n) is 17.6. The third-order valence-electron chi connectivity index (χ3n) is 4.37. The van der Waals surface area contributed by atoms with Crippen molar-refractivity contribution in [1.29, 1.82) is 0 Å². The van der Waals surface area contributed by atoms with E-state index in [1.54, 1.807) is 24.4 Å². The van der Waals surface area contributed by atoms with Crippen molar-refractivity contribution in [3.63, 3.8) is 0 Å². The number of Topliss-reactive ketones (excluding diaryl/α,β-unsaturated/α-hetero) is 1. The molecule has 1 heterocycles. The molecular formula is C25H23FN2O4. The molecule has 3 aromatic rings. The van der Waals surface area contributed by atoms with E-state index in [4.69, 9.17) is 20.1 Å². The number of anilines is 1. The van der Waals surface area contributed by atoms with E-state index in [1.807, 2.05) is 43.3 Å². The number of carbonyl (C=O) groups excluding carboxylic acids is 3. The van der Waals surface area contributed by atoms with E-state index in [2.05, 4.69) is 4.98 Å². The first-order valence-corrected chi connectivity index (χ1v) is 9.90. The number of allylic oxidation sites excluding steroid dienone is 1. The molecule has 164 valence electrons. The molecule has 0 aliphatic rings. The van der Waals surface area contributed by atoms with E-state index in [1.165, 1.54) is 12.1 Å². The van der Waals surface area contributed by atoms with Crippen LogP contribution in [0, 0.1) is 5.82 Å². The standard InChI is InChI=1S/C24H23FN2O2.CO2/c1-2-3-4-22-23(13-14-27-24(22)26)29-21-11-7-18(8-12-21)16-20(28)15-17-5-9-19(25)10-6-17;2-1-3/h3-14H,2,15-16H2,1H3,(H2,26,27);/b4-3+;. The number of ether oxygens (including phenoxy) is 1. The largest absolute Gasteiger partial charge is 0.457 e. The number of hydrogen-bond donors (Lipinski definition) is 1. The van der Waals surface area contributed by atoms with E-state index in [-0.39, 0.29) is 24.2 Å². The SMILES string of the molecule is CC/C=C/c1c(Oc2ccc(CC(=O)Cc3ccc(F)cc3)cc2)ccnc1N.O=C=O. The Morgan fingerprint density at radius 1 is 1.03 bits per heavy atom. The lowest BCUT2D eigenvalue weighted by molar-refractivity contribution is -0.191. The number of hydrogen-bond acceptors (Lipinski definition) is 6. The highest BCUT2D eigenvalue weighted by Crippen LogP contribution is 2.29. The molecule has 0 aliphatic carbocycles. The molecule has 0 atom stereocenters. The number of nitrogen functional groups attached to an aromatic ring is 1. The lowest BCUT2D eigenvalue weighted by Gasteiger charge is -2.11. The molecule has 6 nitrogen and oxygen atoms in total. The van der Waals surface area contributed by atoms with Crippen LogP contribution in [-0.2, 0) is 27.2 Å². The van der Waals surface area contributed by atoms with E-state index < -0.39 is 0 Å². The number of pyridine rings is 1. The van der Waals surface area contributed by atoms with Crippen LogP contribution in [-0.4, -0.2) is 16.9 Å². The fourth-order valence-electron chi connectivity index (χ4n) is 2.89. The van der Waals surface area contributed by atoms with Crippen LogP contribution in [0.4, 0.5) is 10.2 Å². The van der Waals surface area contributed by atoms with E-state index in [0.717, 1.165) is 23.1 Å². The minimum Gasteiger partial charge on any atom is -0.457 e. The predicted octanol–water partition coefficient (Wildman–Crippen LogP) is 4.79. The van der Waals surface area contributed by atoms with Gasteiger partial charge in [-0.3, -0.25) is 4.79 Å². The second kappa shape index (κ2) is 12.6. The third kappa shape index (κ3) is 7.63. The highest BCUT2D eigenvalue weighted by Gasteiger charge is 2.09. The summed E-state index contributed by atoms with van der Waals surface area (Å²) in [7, 11) is 0. The average molecular weight is 434 g/mol. The highest BCUT2D eigenvalue weighted by atomic mass is 19.1. The molecule has 0 radical (unpaired) electrons. The molecule has 0 amide bonds. The number of benzene rings is 2. The molecule has 1 aromatic heterocycles. The van der Waals surface area contributed by atoms with Gasteiger partial charge in [-0.15, -0.1) is 0 Å². The summed E-state index contributed by atoms with van der Waals surface area (Å²) in [4.78, 5) is 32.6. The molecule has 2 N–H and O–H groups in total. The molecule has 0 spiro atoms. The van der Waals surface area contributed by atoms with Gasteiger partial charge in [0.25, 0.3) is 0 Å². The lowest BCUT2D eigenvalue weighted by Crippen LogP contribution is -2.06. The Balaban J connectivity index is 0.00000114. The zero-order valence-corrected chi connectivity index (χ0v) is 17.6. The Hall–Kier alpha value is -4.09. The Morgan fingerprint density at radius 2 is 1.59 bits per heavy atom. The number of carbonyl (C=O) groups is 1. The van der Waals surface area contributed by atoms with Gasteiger partial charge in [-0.2, -0.15) is 9.59 Å². The van der Waals surface area contributed by atoms with E-state index >= 15 is 0 Å². The predicted molar refractivity (Wildman–Crippen MR) is 118 cm³/mol. The van der Waals surface area contributed by atoms with Crippen LogP contribution in [0.3, 0.4) is 0 Å². The minimum atomic E-state index is -0.305. The Kier molecular flexibility index (Phi) is 9.50. The van der Waals surface area contributed by atoms with Crippen molar-refractivity contribution in [3.8, 4) is 11.5 Å². The van der Waals surface area contributed by atoms with Crippen LogP contribution in [0.25, 0.3) is 6.08 Å². The normalized spacial score (nSPS) is 10.2. The molecule has 0 fully saturated rings. The molecule has 2 aromatic carbocycles. The van der Waals surface area contributed by atoms with E-state index in [0.29, 0.717) is 23.7 Å². The summed E-state index contributed by atoms with van der Waals surface area (Å²) in [5.74, 6) is 1.45. The second-order valence-electron chi connectivity index (χ2n) is 6.77. The van der Waals surface area contributed by atoms with Crippen LogP contribution >= 0.6 is 0 Å². The van der Waals surface area contributed by atoms with Crippen molar-refractivity contribution < 1.29 is 23.5 Å². The molecule has 0 unspecified atom stereocenters. The topological polar surface area (TPSA) is 99.3 Å². The van der Waals surface area contributed by atoms with Gasteiger partial charge in [0, 0.05) is 19.0 Å². The van der Waals surface area contributed by atoms with Gasteiger partial charge < -0.3 is 10.5 Å². The molecule has 0 bridgehead atoms. The number of ketones is 1. The van der Waals surface area contributed by atoms with Gasteiger partial charge in [-0.25, -0.2) is 9.37 Å². The summed E-state index contributed by atoms with van der Waals surface area (Å²) < 4.78 is 18.9. The van der Waals surface area contributed by atoms with Crippen LogP contribution in [0.2, 0.25) is 0 Å². The minimum absolute atomic E-state index is 0.0687. The van der Waals surface area contributed by atoms with Gasteiger partial charge in [-0.1, -0.05) is 43.3 Å². The van der Waals surface area contributed by atoms with Gasteiger partial charge in [0.15, 0.2) is 0 Å². The summed E-state index contributed by atoms with van der Waals surface area (Å²) in [5, 5.41) is 0. The zero-order chi connectivity index (χ0) is 23.3. The summed E-state index contributed by atoms with van der Waals surface area (Å²) >= 11 is 0. The van der Waals surface area contributed by atoms with Crippen molar-refractivity contribution in [2.45, 2.75) is 26.2 Å². The monoisotopic (exact) mass is 434 g/mol. The van der Waals surface area contributed by atoms with Gasteiger partial charge in [-0.05, 0) is 47.9 Å². The maximum atomic E-state index is 13.0. The van der Waals surface area contributed by atoms with Gasteiger partial charge >= 0.3 is 6.15 Å². The van der Waals surface area contributed by atoms with Gasteiger partial charge in [0.05, 0.1) is 5.56 Å². The first-order chi connectivity index (χ1) is 15.5. The third-order valence-corrected chi connectivity index (χ3v) is 4.37. The maximum Gasteiger partial charge on any atom is 0.373 e. The van der Waals surface area contributed by atoms with Crippen molar-refractivity contribution >= 4 is 23.8 Å². The van der Waals surface area contributed by atoms with Crippen molar-refractivity contribution in [2.75, 3.05) is 5.73 Å². The second-order valence-corrected chi connectivity index (χ2v) is 6.77. The number of nitrogens with two attached hydrogens (primary N) is 1. The van der Waals surface area contributed by atoms with Crippen LogP contribution < -0.4 is 10.5 Å². The average Bonchev–Trinajstić information content (AvgIpc) is 2.77. The fraction of sp³-hybridized carbons (Fsp3) is 0.160. The van der Waals surface area contributed by atoms with Crippen LogP contribution in [0.15, 0.2) is 66.9 Å². The Labute approximate surface area is 185 Å². The quantitative estimate of drug-likeness (QED) is 0.547. The molecule has 0 saturated carbocycles. The van der Waals surface area contributed by atoms with Crippen molar-refractivity contribution in [3.05, 3.63) is 89.4 Å². The van der Waals surface area contributed by atoms with Crippen molar-refractivity contribution in [1.82, 2.24) is 4.98 Å². The number of rotatable bonds is 8. The summed E-state index contributed by atoms with van der Waals surface area (Å²) in [6, 6.07) is 15.1. The van der Waals surface area contributed by atoms with E-state index in [9.17, 15) is 9.18 Å². The number of aromatic nitrogens is 1. The fourth-order valence-corrected chi connectivity index (χ4v) is 2.89. The molecule has 0 saturated heterocycles. The van der Waals surface area contributed by atoms with Crippen molar-refractivity contribution in [2.24, 2.45) is 0 Å². The maximum absolute atomic E-state index is 13.0. The van der Waals surface area contributed by atoms with Gasteiger partial charge in [0.1, 0.15) is 28.9 Å². The number of nitrogens with zero attached hydrogens (tertiary/aromatic N) is 1. The van der Waals surface area contributed by atoms with Crippen LogP contribution in [0.5, 0.6) is 11.5 Å². The molecular weight excluding hydrogens is 411 g/mol. The first-order valence-electron chi connectivity index (χ1n) is 9.90. The first kappa shape index (κ1) is 24.2. The Morgan fingerprint density at radius 3 is 2.16 bits per heavy atom. The summed E-state index contributed by atoms with van der Waals surface area (Å²) in [6.07, 6.45) is 7.23. The molecule has 0 aliphatic heterocycles. The lowest BCUT2D eigenvalue weighted by atomic mass is 10.0. The summed E-state index contributed by atoms with van der Waals surface area (Å²) in [6.45, 7) is 2.04. The molecule has 32 heavy (non-hydrogen) atoms. The smallest absolute Gasteiger partial charge is 0.373 e.